The van der Waals surface area contributed by atoms with Crippen LogP contribution in [0.4, 0.5) is 5.82 Å². The van der Waals surface area contributed by atoms with Gasteiger partial charge in [0.15, 0.2) is 0 Å². The minimum Gasteiger partial charge on any atom is -0.383 e. The minimum absolute atomic E-state index is 0.311. The third-order valence-electron chi connectivity index (χ3n) is 4.70. The van der Waals surface area contributed by atoms with Crippen LogP contribution >= 0.6 is 0 Å². The predicted molar refractivity (Wildman–Crippen MR) is 102 cm³/mol. The molecule has 1 saturated heterocycles. The number of benzene rings is 1. The molecular weight excluding hydrogens is 328 g/mol. The molecule has 1 aromatic heterocycles. The van der Waals surface area contributed by atoms with Crippen LogP contribution in [-0.4, -0.2) is 60.2 Å². The van der Waals surface area contributed by atoms with Gasteiger partial charge in [-0.1, -0.05) is 36.4 Å². The van der Waals surface area contributed by atoms with Crippen LogP contribution in [0.2, 0.25) is 0 Å². The first-order chi connectivity index (χ1) is 12.6. The molecule has 138 valence electrons. The van der Waals surface area contributed by atoms with Crippen LogP contribution in [0.5, 0.6) is 0 Å². The van der Waals surface area contributed by atoms with E-state index in [-0.39, 0.29) is 5.91 Å². The number of amides is 1. The van der Waals surface area contributed by atoms with Crippen LogP contribution < -0.4 is 10.2 Å². The minimum atomic E-state index is -1.05. The fourth-order valence-electron chi connectivity index (χ4n) is 3.10. The number of hydrogen-bond acceptors (Lipinski definition) is 5. The number of carbonyl (C=O) groups excluding carboxylic acids is 1. The number of anilines is 1. The number of nitrogens with zero attached hydrogens (tertiary/aromatic N) is 3. The zero-order chi connectivity index (χ0) is 18.4. The van der Waals surface area contributed by atoms with Crippen molar-refractivity contribution in [2.75, 3.05) is 38.1 Å². The van der Waals surface area contributed by atoms with E-state index < -0.39 is 6.10 Å². The molecule has 2 aromatic rings. The number of rotatable bonds is 6. The van der Waals surface area contributed by atoms with Gasteiger partial charge in [0.1, 0.15) is 11.9 Å². The summed E-state index contributed by atoms with van der Waals surface area (Å²) in [6.07, 6.45) is 1.04. The number of aromatic nitrogens is 1. The number of likely N-dealkylation sites (N-methyl/N-ethyl adjacent to an activating group) is 1. The van der Waals surface area contributed by atoms with Crippen LogP contribution in [0.1, 0.15) is 11.1 Å². The van der Waals surface area contributed by atoms with E-state index in [0.717, 1.165) is 43.1 Å². The van der Waals surface area contributed by atoms with Crippen molar-refractivity contribution in [3.05, 3.63) is 59.8 Å². The predicted octanol–water partition coefficient (Wildman–Crippen LogP) is 1.05. The number of aliphatic hydroxyl groups excluding tert-OH is 1. The maximum Gasteiger partial charge on any atom is 0.249 e. The Balaban J connectivity index is 1.58. The lowest BCUT2D eigenvalue weighted by atomic mass is 10.1. The number of pyridine rings is 1. The molecule has 0 spiro atoms. The summed E-state index contributed by atoms with van der Waals surface area (Å²) in [6, 6.07) is 13.4. The number of nitrogens with one attached hydrogen (secondary N) is 1. The number of hydrogen-bond donors (Lipinski definition) is 2. The second kappa shape index (κ2) is 8.78. The van der Waals surface area contributed by atoms with E-state index in [9.17, 15) is 9.90 Å². The second-order valence-corrected chi connectivity index (χ2v) is 6.70. The van der Waals surface area contributed by atoms with Crippen molar-refractivity contribution in [2.24, 2.45) is 0 Å². The Hall–Kier alpha value is -2.44. The standard InChI is InChI=1S/C20H26N4O2/c1-23-10-12-24(13-11-23)19-17(8-5-9-21-19)15-22-20(26)18(25)14-16-6-3-2-4-7-16/h2-9,18,25H,10-15H2,1H3,(H,22,26)/t18-/m0/s1. The molecule has 2 N–H and O–H groups in total. The van der Waals surface area contributed by atoms with E-state index in [4.69, 9.17) is 0 Å². The van der Waals surface area contributed by atoms with E-state index >= 15 is 0 Å². The van der Waals surface area contributed by atoms with E-state index in [0.29, 0.717) is 13.0 Å². The maximum absolute atomic E-state index is 12.2. The molecule has 0 bridgehead atoms. The average Bonchev–Trinajstić information content (AvgIpc) is 2.68. The number of carbonyl (C=O) groups is 1. The number of piperazine rings is 1. The van der Waals surface area contributed by atoms with Crippen molar-refractivity contribution in [1.82, 2.24) is 15.2 Å². The Labute approximate surface area is 154 Å². The van der Waals surface area contributed by atoms with Gasteiger partial charge in [0.05, 0.1) is 0 Å². The summed E-state index contributed by atoms with van der Waals surface area (Å²) in [6.45, 7) is 4.20. The molecule has 6 nitrogen and oxygen atoms in total. The van der Waals surface area contributed by atoms with Gasteiger partial charge in [0.25, 0.3) is 0 Å². The van der Waals surface area contributed by atoms with E-state index in [1.54, 1.807) is 6.20 Å². The smallest absolute Gasteiger partial charge is 0.249 e. The molecule has 0 unspecified atom stereocenters. The van der Waals surface area contributed by atoms with Gasteiger partial charge in [-0.05, 0) is 18.7 Å². The van der Waals surface area contributed by atoms with Gasteiger partial charge in [0, 0.05) is 50.9 Å². The summed E-state index contributed by atoms with van der Waals surface area (Å²) in [4.78, 5) is 21.3. The Kier molecular flexibility index (Phi) is 6.20. The molecule has 6 heteroatoms. The molecule has 1 aliphatic rings. The highest BCUT2D eigenvalue weighted by atomic mass is 16.3. The highest BCUT2D eigenvalue weighted by Gasteiger charge is 2.19. The third-order valence-corrected chi connectivity index (χ3v) is 4.70. The normalized spacial score (nSPS) is 16.3. The van der Waals surface area contributed by atoms with Crippen LogP contribution in [0.25, 0.3) is 0 Å². The molecule has 26 heavy (non-hydrogen) atoms. The van der Waals surface area contributed by atoms with Gasteiger partial charge in [-0.2, -0.15) is 0 Å². The molecule has 1 aliphatic heterocycles. The first-order valence-corrected chi connectivity index (χ1v) is 9.00. The molecule has 1 fully saturated rings. The first kappa shape index (κ1) is 18.4. The molecule has 0 aliphatic carbocycles. The first-order valence-electron chi connectivity index (χ1n) is 9.00. The van der Waals surface area contributed by atoms with Gasteiger partial charge in [-0.25, -0.2) is 4.98 Å². The molecule has 0 saturated carbocycles. The lowest BCUT2D eigenvalue weighted by molar-refractivity contribution is -0.129. The van der Waals surface area contributed by atoms with Gasteiger partial charge in [0.2, 0.25) is 5.91 Å². The monoisotopic (exact) mass is 354 g/mol. The fraction of sp³-hybridized carbons (Fsp3) is 0.400. The highest BCUT2D eigenvalue weighted by Crippen LogP contribution is 2.18. The largest absolute Gasteiger partial charge is 0.383 e. The van der Waals surface area contributed by atoms with Crippen LogP contribution in [0, 0.1) is 0 Å². The molecule has 1 aromatic carbocycles. The zero-order valence-electron chi connectivity index (χ0n) is 15.1. The van der Waals surface area contributed by atoms with E-state index in [2.05, 4.69) is 27.1 Å². The van der Waals surface area contributed by atoms with Crippen molar-refractivity contribution in [3.8, 4) is 0 Å². The van der Waals surface area contributed by atoms with Gasteiger partial charge < -0.3 is 20.2 Å². The summed E-state index contributed by atoms with van der Waals surface area (Å²) >= 11 is 0. The van der Waals surface area contributed by atoms with Crippen molar-refractivity contribution < 1.29 is 9.90 Å². The van der Waals surface area contributed by atoms with Crippen molar-refractivity contribution >= 4 is 11.7 Å². The lowest BCUT2D eigenvalue weighted by Crippen LogP contribution is -2.45. The van der Waals surface area contributed by atoms with Crippen molar-refractivity contribution in [3.63, 3.8) is 0 Å². The van der Waals surface area contributed by atoms with Gasteiger partial charge in [-0.15, -0.1) is 0 Å². The summed E-state index contributed by atoms with van der Waals surface area (Å²) < 4.78 is 0. The lowest BCUT2D eigenvalue weighted by Gasteiger charge is -2.34. The topological polar surface area (TPSA) is 68.7 Å². The number of aliphatic hydroxyl groups is 1. The maximum atomic E-state index is 12.2. The van der Waals surface area contributed by atoms with Gasteiger partial charge >= 0.3 is 0 Å². The van der Waals surface area contributed by atoms with Crippen molar-refractivity contribution in [1.29, 1.82) is 0 Å². The Morgan fingerprint density at radius 3 is 2.62 bits per heavy atom. The molecular formula is C20H26N4O2. The Morgan fingerprint density at radius 1 is 1.15 bits per heavy atom. The molecule has 1 amide bonds. The van der Waals surface area contributed by atoms with Crippen molar-refractivity contribution in [2.45, 2.75) is 19.1 Å². The summed E-state index contributed by atoms with van der Waals surface area (Å²) in [5.41, 5.74) is 1.91. The van der Waals surface area contributed by atoms with Crippen LogP contribution in [-0.2, 0) is 17.8 Å². The summed E-state index contributed by atoms with van der Waals surface area (Å²) in [7, 11) is 2.12. The molecule has 3 rings (SSSR count). The quantitative estimate of drug-likeness (QED) is 0.812. The average molecular weight is 354 g/mol. The molecule has 1 atom stereocenters. The summed E-state index contributed by atoms with van der Waals surface area (Å²) in [5, 5.41) is 13.0. The Bertz CT molecular complexity index is 715. The van der Waals surface area contributed by atoms with Crippen LogP contribution in [0.15, 0.2) is 48.7 Å². The zero-order valence-corrected chi connectivity index (χ0v) is 15.1. The Morgan fingerprint density at radius 2 is 1.88 bits per heavy atom. The fourth-order valence-corrected chi connectivity index (χ4v) is 3.10. The highest BCUT2D eigenvalue weighted by molar-refractivity contribution is 5.80. The summed E-state index contributed by atoms with van der Waals surface area (Å²) in [5.74, 6) is 0.556. The SMILES string of the molecule is CN1CCN(c2ncccc2CNC(=O)[C@@H](O)Cc2ccccc2)CC1. The molecule has 0 radical (unpaired) electrons. The molecule has 2 heterocycles. The second-order valence-electron chi connectivity index (χ2n) is 6.70. The van der Waals surface area contributed by atoms with Crippen LogP contribution in [0.3, 0.4) is 0 Å². The third kappa shape index (κ3) is 4.80. The van der Waals surface area contributed by atoms with E-state index in [1.165, 1.54) is 0 Å². The van der Waals surface area contributed by atoms with E-state index in [1.807, 2.05) is 42.5 Å². The van der Waals surface area contributed by atoms with Gasteiger partial charge in [-0.3, -0.25) is 4.79 Å².